The Morgan fingerprint density at radius 2 is 1.86 bits per heavy atom. The third-order valence-corrected chi connectivity index (χ3v) is 7.35. The number of benzene rings is 2. The number of para-hydroxylation sites is 1. The van der Waals surface area contributed by atoms with Gasteiger partial charge in [-0.15, -0.1) is 0 Å². The average Bonchev–Trinajstić information content (AvgIpc) is 3.19. The van der Waals surface area contributed by atoms with Gasteiger partial charge in [-0.2, -0.15) is 0 Å². The molecule has 7 nitrogen and oxygen atoms in total. The van der Waals surface area contributed by atoms with Crippen molar-refractivity contribution in [1.29, 1.82) is 0 Å². The van der Waals surface area contributed by atoms with E-state index in [4.69, 9.17) is 4.42 Å². The van der Waals surface area contributed by atoms with Gasteiger partial charge in [0, 0.05) is 6.04 Å². The topological polar surface area (TPSA) is 105 Å². The minimum atomic E-state index is -3.26. The molecule has 148 valence electrons. The maximum absolute atomic E-state index is 13.3. The summed E-state index contributed by atoms with van der Waals surface area (Å²) in [5, 5.41) is 10.3. The van der Waals surface area contributed by atoms with Crippen molar-refractivity contribution in [3.8, 4) is 5.75 Å². The average molecular weight is 411 g/mol. The van der Waals surface area contributed by atoms with Crippen molar-refractivity contribution in [3.63, 3.8) is 0 Å². The number of fused-ring (bicyclic) bond motifs is 2. The molecule has 1 N–H and O–H groups in total. The van der Waals surface area contributed by atoms with E-state index in [1.807, 2.05) is 0 Å². The lowest BCUT2D eigenvalue weighted by Crippen LogP contribution is -2.40. The van der Waals surface area contributed by atoms with Gasteiger partial charge in [0.25, 0.3) is 5.91 Å². The predicted octanol–water partition coefficient (Wildman–Crippen LogP) is 2.23. The molecule has 0 saturated carbocycles. The van der Waals surface area contributed by atoms with Crippen LogP contribution in [0.25, 0.3) is 11.0 Å². The highest BCUT2D eigenvalue weighted by molar-refractivity contribution is 7.91. The molecule has 29 heavy (non-hydrogen) atoms. The number of hydrogen-bond donors (Lipinski definition) is 1. The number of carbonyl (C=O) groups is 1. The minimum absolute atomic E-state index is 0.00605. The summed E-state index contributed by atoms with van der Waals surface area (Å²) in [6.07, 6.45) is 0.297. The summed E-state index contributed by atoms with van der Waals surface area (Å²) in [6, 6.07) is 11.6. The Kier molecular flexibility index (Phi) is 3.82. The molecule has 0 bridgehead atoms. The molecule has 8 heteroatoms. The van der Waals surface area contributed by atoms with Crippen molar-refractivity contribution in [2.75, 3.05) is 11.5 Å². The number of aromatic hydroxyl groups is 1. The fourth-order valence-corrected chi connectivity index (χ4v) is 6.04. The molecule has 0 spiro atoms. The van der Waals surface area contributed by atoms with E-state index in [-0.39, 0.29) is 34.0 Å². The van der Waals surface area contributed by atoms with Crippen LogP contribution in [0.3, 0.4) is 0 Å². The highest BCUT2D eigenvalue weighted by Crippen LogP contribution is 2.41. The number of phenols is 1. The molecule has 2 aliphatic heterocycles. The summed E-state index contributed by atoms with van der Waals surface area (Å²) >= 11 is 0. The van der Waals surface area contributed by atoms with E-state index in [0.29, 0.717) is 23.0 Å². The van der Waals surface area contributed by atoms with Crippen LogP contribution in [0, 0.1) is 0 Å². The Bertz CT molecular complexity index is 1330. The van der Waals surface area contributed by atoms with Gasteiger partial charge < -0.3 is 14.4 Å². The van der Waals surface area contributed by atoms with Gasteiger partial charge in [0.1, 0.15) is 11.3 Å². The lowest BCUT2D eigenvalue weighted by Gasteiger charge is -2.30. The van der Waals surface area contributed by atoms with Gasteiger partial charge in [-0.25, -0.2) is 8.42 Å². The second-order valence-corrected chi connectivity index (χ2v) is 9.67. The van der Waals surface area contributed by atoms with Crippen LogP contribution in [0.5, 0.6) is 5.75 Å². The monoisotopic (exact) mass is 411 g/mol. The second kappa shape index (κ2) is 6.18. The van der Waals surface area contributed by atoms with Crippen molar-refractivity contribution in [2.45, 2.75) is 18.5 Å². The van der Waals surface area contributed by atoms with Gasteiger partial charge in [0.05, 0.1) is 28.5 Å². The molecular formula is C21H17NO6S. The Balaban J connectivity index is 1.77. The van der Waals surface area contributed by atoms with Crippen molar-refractivity contribution in [1.82, 2.24) is 4.90 Å². The van der Waals surface area contributed by atoms with Crippen LogP contribution in [0.1, 0.15) is 34.1 Å². The van der Waals surface area contributed by atoms with Crippen molar-refractivity contribution in [3.05, 3.63) is 75.6 Å². The van der Waals surface area contributed by atoms with Crippen LogP contribution >= 0.6 is 0 Å². The number of sulfone groups is 1. The molecular weight excluding hydrogens is 394 g/mol. The van der Waals surface area contributed by atoms with Crippen LogP contribution in [-0.4, -0.2) is 41.9 Å². The molecule has 3 aromatic rings. The fraction of sp³-hybridized carbons (Fsp3) is 0.238. The maximum atomic E-state index is 13.3. The van der Waals surface area contributed by atoms with Crippen LogP contribution < -0.4 is 5.43 Å². The van der Waals surface area contributed by atoms with Gasteiger partial charge in [-0.1, -0.05) is 24.3 Å². The Hall–Kier alpha value is -3.13. The molecule has 2 aromatic carbocycles. The number of carbonyl (C=O) groups excluding carboxylic acids is 1. The third-order valence-electron chi connectivity index (χ3n) is 5.60. The summed E-state index contributed by atoms with van der Waals surface area (Å²) in [6.45, 7) is 0. The molecule has 0 radical (unpaired) electrons. The first-order valence-electron chi connectivity index (χ1n) is 9.23. The van der Waals surface area contributed by atoms with E-state index in [1.54, 1.807) is 36.4 Å². The van der Waals surface area contributed by atoms with Gasteiger partial charge in [-0.3, -0.25) is 9.59 Å². The van der Waals surface area contributed by atoms with E-state index in [9.17, 15) is 23.1 Å². The normalized spacial score (nSPS) is 22.9. The summed E-state index contributed by atoms with van der Waals surface area (Å²) < 4.78 is 30.0. The Labute approximate surface area is 166 Å². The molecule has 2 aliphatic rings. The first kappa shape index (κ1) is 17.9. The van der Waals surface area contributed by atoms with E-state index in [0.717, 1.165) is 0 Å². The highest BCUT2D eigenvalue weighted by atomic mass is 32.2. The first-order valence-corrected chi connectivity index (χ1v) is 11.1. The number of nitrogens with zero attached hydrogens (tertiary/aromatic N) is 1. The largest absolute Gasteiger partial charge is 0.508 e. The fourth-order valence-electron chi connectivity index (χ4n) is 4.33. The number of amides is 1. The van der Waals surface area contributed by atoms with Gasteiger partial charge in [0.15, 0.2) is 15.3 Å². The van der Waals surface area contributed by atoms with E-state index in [2.05, 4.69) is 0 Å². The lowest BCUT2D eigenvalue weighted by molar-refractivity contribution is 0.0662. The lowest BCUT2D eigenvalue weighted by atomic mass is 9.97. The number of hydrogen-bond acceptors (Lipinski definition) is 6. The first-order chi connectivity index (χ1) is 13.9. The smallest absolute Gasteiger partial charge is 0.291 e. The van der Waals surface area contributed by atoms with Crippen LogP contribution in [0.15, 0.2) is 57.7 Å². The minimum Gasteiger partial charge on any atom is -0.508 e. The van der Waals surface area contributed by atoms with E-state index < -0.39 is 27.8 Å². The van der Waals surface area contributed by atoms with Crippen LogP contribution in [-0.2, 0) is 9.84 Å². The van der Waals surface area contributed by atoms with E-state index >= 15 is 0 Å². The highest BCUT2D eigenvalue weighted by Gasteiger charge is 2.48. The molecule has 1 amide bonds. The Morgan fingerprint density at radius 1 is 1.07 bits per heavy atom. The van der Waals surface area contributed by atoms with Crippen molar-refractivity contribution < 1.29 is 22.7 Å². The van der Waals surface area contributed by atoms with Gasteiger partial charge in [-0.05, 0) is 36.2 Å². The van der Waals surface area contributed by atoms with Gasteiger partial charge >= 0.3 is 0 Å². The molecule has 1 saturated heterocycles. The van der Waals surface area contributed by atoms with Crippen molar-refractivity contribution >= 4 is 26.7 Å². The number of rotatable bonds is 2. The van der Waals surface area contributed by atoms with Gasteiger partial charge in [0.2, 0.25) is 5.76 Å². The maximum Gasteiger partial charge on any atom is 0.291 e. The quantitative estimate of drug-likeness (QED) is 0.693. The summed E-state index contributed by atoms with van der Waals surface area (Å²) in [4.78, 5) is 28.0. The second-order valence-electron chi connectivity index (χ2n) is 7.44. The molecule has 1 fully saturated rings. The SMILES string of the molecule is O=C1c2oc3ccccc3c(=O)c2C(c2cccc(O)c2)N1C1CCS(=O)(=O)C1. The van der Waals surface area contributed by atoms with Crippen LogP contribution in [0.4, 0.5) is 0 Å². The molecule has 5 rings (SSSR count). The molecule has 2 unspecified atom stereocenters. The molecule has 0 aliphatic carbocycles. The standard InChI is InChI=1S/C21H17NO6S/c23-14-5-3-4-12(10-14)18-17-19(24)15-6-1-2-7-16(15)28-20(17)21(25)22(18)13-8-9-29(26,27)11-13/h1-7,10,13,18,23H,8-9,11H2. The third kappa shape index (κ3) is 2.74. The molecule has 2 atom stereocenters. The van der Waals surface area contributed by atoms with E-state index in [1.165, 1.54) is 17.0 Å². The zero-order valence-electron chi connectivity index (χ0n) is 15.2. The predicted molar refractivity (Wildman–Crippen MR) is 106 cm³/mol. The van der Waals surface area contributed by atoms with Crippen molar-refractivity contribution in [2.24, 2.45) is 0 Å². The summed E-state index contributed by atoms with van der Waals surface area (Å²) in [5.41, 5.74) is 0.694. The molecule has 3 heterocycles. The summed E-state index contributed by atoms with van der Waals surface area (Å²) in [7, 11) is -3.26. The Morgan fingerprint density at radius 3 is 2.59 bits per heavy atom. The molecule has 1 aromatic heterocycles. The zero-order chi connectivity index (χ0) is 20.3. The zero-order valence-corrected chi connectivity index (χ0v) is 16.1. The number of phenolic OH excluding ortho intramolecular Hbond substituents is 1. The summed E-state index contributed by atoms with van der Waals surface area (Å²) in [5.74, 6) is -0.735. The van der Waals surface area contributed by atoms with Crippen LogP contribution in [0.2, 0.25) is 0 Å².